The molecule has 4 nitrogen and oxygen atoms in total. The molecular weight excluding hydrogens is 245 g/mol. The molecule has 102 valence electrons. The van der Waals surface area contributed by atoms with Gasteiger partial charge in [-0.25, -0.2) is 4.39 Å². The van der Waals surface area contributed by atoms with E-state index < -0.39 is 0 Å². The van der Waals surface area contributed by atoms with Crippen LogP contribution in [0.25, 0.3) is 0 Å². The van der Waals surface area contributed by atoms with E-state index >= 15 is 0 Å². The molecule has 0 saturated carbocycles. The largest absolute Gasteiger partial charge is 0.454 e. The molecule has 0 radical (unpaired) electrons. The molecule has 19 heavy (non-hydrogen) atoms. The van der Waals surface area contributed by atoms with Crippen LogP contribution < -0.4 is 10.1 Å². The number of rotatable bonds is 5. The topological polar surface area (TPSA) is 39.1 Å². The molecule has 0 aliphatic carbocycles. The zero-order valence-electron chi connectivity index (χ0n) is 11.4. The first kappa shape index (κ1) is 13.5. The maximum absolute atomic E-state index is 13.3. The highest BCUT2D eigenvalue weighted by Gasteiger charge is 2.08. The zero-order chi connectivity index (χ0) is 13.8. The minimum atomic E-state index is -0.265. The van der Waals surface area contributed by atoms with E-state index in [1.54, 1.807) is 23.1 Å². The summed E-state index contributed by atoms with van der Waals surface area (Å²) < 4.78 is 20.7. The summed E-state index contributed by atoms with van der Waals surface area (Å²) in [7, 11) is 1.82. The number of aromatic nitrogens is 2. The molecule has 1 heterocycles. The van der Waals surface area contributed by atoms with E-state index in [0.717, 1.165) is 5.56 Å². The summed E-state index contributed by atoms with van der Waals surface area (Å²) in [5.74, 6) is 1.02. The van der Waals surface area contributed by atoms with Crippen LogP contribution in [0.3, 0.4) is 0 Å². The van der Waals surface area contributed by atoms with Gasteiger partial charge in [-0.15, -0.1) is 0 Å². The standard InChI is InChI=1S/C14H18FN3O/c1-10(2)16-7-11-6-12(15)4-5-14(11)19-13-8-17-18(3)9-13/h4-6,8-10,16H,7H2,1-3H3. The molecule has 1 aromatic heterocycles. The highest BCUT2D eigenvalue weighted by atomic mass is 19.1. The monoisotopic (exact) mass is 263 g/mol. The van der Waals surface area contributed by atoms with Crippen LogP contribution in [0.5, 0.6) is 11.5 Å². The number of benzene rings is 1. The quantitative estimate of drug-likeness (QED) is 0.901. The van der Waals surface area contributed by atoms with Gasteiger partial charge in [0.05, 0.1) is 12.4 Å². The third-order valence-corrected chi connectivity index (χ3v) is 2.63. The molecule has 0 bridgehead atoms. The summed E-state index contributed by atoms with van der Waals surface area (Å²) in [6.45, 7) is 4.65. The summed E-state index contributed by atoms with van der Waals surface area (Å²) in [5.41, 5.74) is 0.789. The van der Waals surface area contributed by atoms with Gasteiger partial charge in [0, 0.05) is 25.2 Å². The predicted molar refractivity (Wildman–Crippen MR) is 71.7 cm³/mol. The Kier molecular flexibility index (Phi) is 4.16. The van der Waals surface area contributed by atoms with Crippen molar-refractivity contribution in [3.05, 3.63) is 42.0 Å². The van der Waals surface area contributed by atoms with E-state index in [4.69, 9.17) is 4.74 Å². The number of hydrogen-bond donors (Lipinski definition) is 1. The van der Waals surface area contributed by atoms with Crippen LogP contribution in [-0.2, 0) is 13.6 Å². The Morgan fingerprint density at radius 1 is 1.42 bits per heavy atom. The Bertz CT molecular complexity index is 551. The van der Waals surface area contributed by atoms with Gasteiger partial charge in [0.2, 0.25) is 0 Å². The smallest absolute Gasteiger partial charge is 0.165 e. The van der Waals surface area contributed by atoms with Crippen LogP contribution in [-0.4, -0.2) is 15.8 Å². The van der Waals surface area contributed by atoms with Crippen molar-refractivity contribution < 1.29 is 9.13 Å². The van der Waals surface area contributed by atoms with Crippen LogP contribution in [0.4, 0.5) is 4.39 Å². The summed E-state index contributed by atoms with van der Waals surface area (Å²) >= 11 is 0. The van der Waals surface area contributed by atoms with Gasteiger partial charge < -0.3 is 10.1 Å². The van der Waals surface area contributed by atoms with Crippen molar-refractivity contribution in [2.45, 2.75) is 26.4 Å². The number of hydrogen-bond acceptors (Lipinski definition) is 3. The summed E-state index contributed by atoms with van der Waals surface area (Å²) in [5, 5.41) is 7.29. The van der Waals surface area contributed by atoms with Gasteiger partial charge >= 0.3 is 0 Å². The van der Waals surface area contributed by atoms with E-state index in [1.165, 1.54) is 12.1 Å². The predicted octanol–water partition coefficient (Wildman–Crippen LogP) is 2.85. The minimum Gasteiger partial charge on any atom is -0.454 e. The molecule has 0 unspecified atom stereocenters. The lowest BCUT2D eigenvalue weighted by Gasteiger charge is -2.12. The first-order valence-electron chi connectivity index (χ1n) is 6.23. The first-order valence-corrected chi connectivity index (χ1v) is 6.23. The molecule has 0 fully saturated rings. The molecule has 0 aliphatic rings. The van der Waals surface area contributed by atoms with Gasteiger partial charge in [0.15, 0.2) is 5.75 Å². The minimum absolute atomic E-state index is 0.265. The fourth-order valence-electron chi connectivity index (χ4n) is 1.68. The Balaban J connectivity index is 2.18. The van der Waals surface area contributed by atoms with Gasteiger partial charge in [0.1, 0.15) is 11.6 Å². The maximum atomic E-state index is 13.3. The average molecular weight is 263 g/mol. The Labute approximate surface area is 112 Å². The summed E-state index contributed by atoms with van der Waals surface area (Å²) in [4.78, 5) is 0. The number of ether oxygens (including phenoxy) is 1. The van der Waals surface area contributed by atoms with Crippen LogP contribution in [0.15, 0.2) is 30.6 Å². The van der Waals surface area contributed by atoms with E-state index in [-0.39, 0.29) is 5.82 Å². The van der Waals surface area contributed by atoms with Crippen molar-refractivity contribution in [1.82, 2.24) is 15.1 Å². The lowest BCUT2D eigenvalue weighted by Crippen LogP contribution is -2.22. The first-order chi connectivity index (χ1) is 9.04. The van der Waals surface area contributed by atoms with E-state index in [1.807, 2.05) is 20.9 Å². The normalized spacial score (nSPS) is 11.0. The second-order valence-electron chi connectivity index (χ2n) is 4.74. The molecule has 1 aromatic carbocycles. The van der Waals surface area contributed by atoms with Crippen molar-refractivity contribution >= 4 is 0 Å². The van der Waals surface area contributed by atoms with Gasteiger partial charge in [-0.1, -0.05) is 13.8 Å². The highest BCUT2D eigenvalue weighted by Crippen LogP contribution is 2.25. The number of aryl methyl sites for hydroxylation is 1. The molecule has 2 aromatic rings. The lowest BCUT2D eigenvalue weighted by molar-refractivity contribution is 0.466. The van der Waals surface area contributed by atoms with Crippen LogP contribution in [0.2, 0.25) is 0 Å². The van der Waals surface area contributed by atoms with Crippen LogP contribution in [0.1, 0.15) is 19.4 Å². The molecule has 0 amide bonds. The van der Waals surface area contributed by atoms with Crippen molar-refractivity contribution in [2.75, 3.05) is 0 Å². The lowest BCUT2D eigenvalue weighted by atomic mass is 10.2. The summed E-state index contributed by atoms with van der Waals surface area (Å²) in [6, 6.07) is 4.85. The van der Waals surface area contributed by atoms with Crippen LogP contribution >= 0.6 is 0 Å². The third-order valence-electron chi connectivity index (χ3n) is 2.63. The molecule has 5 heteroatoms. The molecule has 0 aliphatic heterocycles. The van der Waals surface area contributed by atoms with E-state index in [9.17, 15) is 4.39 Å². The van der Waals surface area contributed by atoms with Crippen molar-refractivity contribution in [3.8, 4) is 11.5 Å². The number of nitrogens with zero attached hydrogens (tertiary/aromatic N) is 2. The molecule has 0 spiro atoms. The van der Waals surface area contributed by atoms with E-state index in [0.29, 0.717) is 24.1 Å². The third kappa shape index (κ3) is 3.79. The van der Waals surface area contributed by atoms with Gasteiger partial charge in [-0.2, -0.15) is 5.10 Å². The molecular formula is C14H18FN3O. The molecule has 0 saturated heterocycles. The summed E-state index contributed by atoms with van der Waals surface area (Å²) in [6.07, 6.45) is 3.39. The zero-order valence-corrected chi connectivity index (χ0v) is 11.4. The Morgan fingerprint density at radius 3 is 2.84 bits per heavy atom. The van der Waals surface area contributed by atoms with Crippen LogP contribution in [0, 0.1) is 5.82 Å². The molecule has 2 rings (SSSR count). The van der Waals surface area contributed by atoms with E-state index in [2.05, 4.69) is 10.4 Å². The second-order valence-corrected chi connectivity index (χ2v) is 4.74. The second kappa shape index (κ2) is 5.84. The van der Waals surface area contributed by atoms with Crippen molar-refractivity contribution in [2.24, 2.45) is 7.05 Å². The molecule has 1 N–H and O–H groups in total. The fraction of sp³-hybridized carbons (Fsp3) is 0.357. The van der Waals surface area contributed by atoms with Gasteiger partial charge in [-0.3, -0.25) is 4.68 Å². The number of nitrogens with one attached hydrogen (secondary N) is 1. The fourth-order valence-corrected chi connectivity index (χ4v) is 1.68. The maximum Gasteiger partial charge on any atom is 0.165 e. The highest BCUT2D eigenvalue weighted by molar-refractivity contribution is 5.37. The Hall–Kier alpha value is -1.88. The molecule has 0 atom stereocenters. The average Bonchev–Trinajstić information content (AvgIpc) is 2.75. The van der Waals surface area contributed by atoms with Gasteiger partial charge in [0.25, 0.3) is 0 Å². The van der Waals surface area contributed by atoms with Crippen molar-refractivity contribution in [3.63, 3.8) is 0 Å². The number of halogens is 1. The Morgan fingerprint density at radius 2 is 2.21 bits per heavy atom. The van der Waals surface area contributed by atoms with Crippen molar-refractivity contribution in [1.29, 1.82) is 0 Å². The van der Waals surface area contributed by atoms with Gasteiger partial charge in [-0.05, 0) is 18.2 Å². The SMILES string of the molecule is CC(C)NCc1cc(F)ccc1Oc1cnn(C)c1.